The summed E-state index contributed by atoms with van der Waals surface area (Å²) < 4.78 is 7.67. The fourth-order valence-corrected chi connectivity index (χ4v) is 3.23. The Balaban J connectivity index is 1.95. The van der Waals surface area contributed by atoms with Gasteiger partial charge in [-0.3, -0.25) is 4.57 Å². The highest BCUT2D eigenvalue weighted by Crippen LogP contribution is 2.24. The molecule has 4 nitrogen and oxygen atoms in total. The maximum Gasteiger partial charge on any atom is 0.195 e. The molecule has 0 saturated heterocycles. The minimum absolute atomic E-state index is 0.669. The number of hydrogen-bond acceptors (Lipinski definition) is 4. The highest BCUT2D eigenvalue weighted by atomic mass is 32.2. The van der Waals surface area contributed by atoms with Gasteiger partial charge in [0.25, 0.3) is 0 Å². The molecule has 24 heavy (non-hydrogen) atoms. The van der Waals surface area contributed by atoms with Crippen LogP contribution >= 0.6 is 11.8 Å². The third-order valence-corrected chi connectivity index (χ3v) is 4.40. The summed E-state index contributed by atoms with van der Waals surface area (Å²) in [5.74, 6) is 2.78. The van der Waals surface area contributed by atoms with Crippen molar-refractivity contribution in [3.63, 3.8) is 0 Å². The highest BCUT2D eigenvalue weighted by molar-refractivity contribution is 7.99. The summed E-state index contributed by atoms with van der Waals surface area (Å²) in [6.45, 7) is 4.78. The van der Waals surface area contributed by atoms with Gasteiger partial charge >= 0.3 is 0 Å². The van der Waals surface area contributed by atoms with E-state index in [2.05, 4.69) is 58.1 Å². The molecular weight excluding hydrogens is 318 g/mol. The van der Waals surface area contributed by atoms with Gasteiger partial charge in [0.05, 0.1) is 6.61 Å². The van der Waals surface area contributed by atoms with Crippen molar-refractivity contribution < 1.29 is 4.74 Å². The van der Waals surface area contributed by atoms with Gasteiger partial charge in [-0.05, 0) is 42.5 Å². The Kier molecular flexibility index (Phi) is 5.54. The van der Waals surface area contributed by atoms with Crippen LogP contribution in [0, 0.1) is 0 Å². The summed E-state index contributed by atoms with van der Waals surface area (Å²) in [5.41, 5.74) is 2.29. The maximum atomic E-state index is 5.54. The lowest BCUT2D eigenvalue weighted by Gasteiger charge is -2.11. The average Bonchev–Trinajstić information content (AvgIpc) is 3.00. The summed E-state index contributed by atoms with van der Waals surface area (Å²) in [6, 6.07) is 18.5. The quantitative estimate of drug-likeness (QED) is 0.599. The molecule has 0 N–H and O–H groups in total. The molecule has 1 aromatic heterocycles. The second-order valence-corrected chi connectivity index (χ2v) is 6.49. The summed E-state index contributed by atoms with van der Waals surface area (Å²) >= 11 is 1.70. The summed E-state index contributed by atoms with van der Waals surface area (Å²) in [4.78, 5) is 0. The molecule has 0 radical (unpaired) electrons. The zero-order valence-electron chi connectivity index (χ0n) is 14.0. The Bertz CT molecular complexity index is 769. The molecule has 0 unspecified atom stereocenters. The van der Waals surface area contributed by atoms with Gasteiger partial charge in [0.1, 0.15) is 11.6 Å². The van der Waals surface area contributed by atoms with Crippen LogP contribution in [-0.2, 0) is 6.42 Å². The number of nitrogens with zero attached hydrogens (tertiary/aromatic N) is 3. The Morgan fingerprint density at radius 2 is 1.71 bits per heavy atom. The van der Waals surface area contributed by atoms with Gasteiger partial charge in [-0.1, -0.05) is 49.0 Å². The molecule has 5 heteroatoms. The first-order chi connectivity index (χ1) is 11.8. The van der Waals surface area contributed by atoms with E-state index in [0.717, 1.165) is 34.6 Å². The van der Waals surface area contributed by atoms with Crippen LogP contribution in [0.2, 0.25) is 0 Å². The van der Waals surface area contributed by atoms with Crippen LogP contribution in [0.5, 0.6) is 5.75 Å². The molecular formula is C19H21N3OS. The smallest absolute Gasteiger partial charge is 0.195 e. The summed E-state index contributed by atoms with van der Waals surface area (Å²) in [7, 11) is 0. The lowest BCUT2D eigenvalue weighted by molar-refractivity contribution is 0.340. The Labute approximate surface area is 146 Å². The van der Waals surface area contributed by atoms with Gasteiger partial charge in [0, 0.05) is 12.1 Å². The van der Waals surface area contributed by atoms with Crippen molar-refractivity contribution in [3.8, 4) is 11.4 Å². The second-order valence-electron chi connectivity index (χ2n) is 5.26. The average molecular weight is 339 g/mol. The lowest BCUT2D eigenvalue weighted by atomic mass is 10.1. The van der Waals surface area contributed by atoms with E-state index in [1.54, 1.807) is 11.8 Å². The largest absolute Gasteiger partial charge is 0.494 e. The number of rotatable bonds is 7. The zero-order chi connectivity index (χ0) is 16.8. The van der Waals surface area contributed by atoms with Crippen molar-refractivity contribution in [1.82, 2.24) is 14.8 Å². The van der Waals surface area contributed by atoms with Crippen LogP contribution < -0.4 is 4.74 Å². The van der Waals surface area contributed by atoms with Crippen LogP contribution in [-0.4, -0.2) is 27.1 Å². The number of aromatic nitrogens is 3. The van der Waals surface area contributed by atoms with Gasteiger partial charge in [0.15, 0.2) is 5.16 Å². The fraction of sp³-hybridized carbons (Fsp3) is 0.263. The van der Waals surface area contributed by atoms with E-state index in [4.69, 9.17) is 4.74 Å². The predicted octanol–water partition coefficient (Wildman–Crippen LogP) is 4.37. The lowest BCUT2D eigenvalue weighted by Crippen LogP contribution is -2.04. The molecule has 0 aliphatic heterocycles. The molecule has 3 aromatic rings. The number of hydrogen-bond donors (Lipinski definition) is 0. The zero-order valence-corrected chi connectivity index (χ0v) is 14.8. The molecule has 0 atom stereocenters. The molecule has 0 amide bonds. The van der Waals surface area contributed by atoms with E-state index in [1.807, 2.05) is 25.1 Å². The number of ether oxygens (including phenoxy) is 1. The normalized spacial score (nSPS) is 10.8. The van der Waals surface area contributed by atoms with Crippen molar-refractivity contribution in [2.24, 2.45) is 0 Å². The van der Waals surface area contributed by atoms with E-state index < -0.39 is 0 Å². The maximum absolute atomic E-state index is 5.54. The Morgan fingerprint density at radius 3 is 2.38 bits per heavy atom. The molecule has 3 rings (SSSR count). The van der Waals surface area contributed by atoms with Crippen LogP contribution in [0.1, 0.15) is 25.2 Å². The molecule has 0 saturated carbocycles. The van der Waals surface area contributed by atoms with Crippen LogP contribution in [0.25, 0.3) is 5.69 Å². The summed E-state index contributed by atoms with van der Waals surface area (Å²) in [5, 5.41) is 9.73. The van der Waals surface area contributed by atoms with Crippen LogP contribution in [0.15, 0.2) is 59.8 Å². The topological polar surface area (TPSA) is 39.9 Å². The van der Waals surface area contributed by atoms with E-state index in [9.17, 15) is 0 Å². The standard InChI is InChI=1S/C19H21N3OS/c1-3-23-17-12-10-16(11-13-17)22-18(20-21-19(22)24-4-2)14-15-8-6-5-7-9-15/h5-13H,3-4,14H2,1-2H3. The second kappa shape index (κ2) is 8.02. The van der Waals surface area contributed by atoms with Crippen LogP contribution in [0.4, 0.5) is 0 Å². The molecule has 2 aromatic carbocycles. The van der Waals surface area contributed by atoms with Crippen molar-refractivity contribution in [2.45, 2.75) is 25.4 Å². The molecule has 0 aliphatic rings. The van der Waals surface area contributed by atoms with Crippen molar-refractivity contribution in [1.29, 1.82) is 0 Å². The van der Waals surface area contributed by atoms with Gasteiger partial charge in [-0.25, -0.2) is 0 Å². The minimum atomic E-state index is 0.669. The molecule has 0 fully saturated rings. The molecule has 124 valence electrons. The Morgan fingerprint density at radius 1 is 0.958 bits per heavy atom. The number of benzene rings is 2. The van der Waals surface area contributed by atoms with Crippen molar-refractivity contribution in [2.75, 3.05) is 12.4 Å². The van der Waals surface area contributed by atoms with E-state index in [0.29, 0.717) is 6.61 Å². The van der Waals surface area contributed by atoms with Gasteiger partial charge < -0.3 is 4.74 Å². The SMILES string of the molecule is CCOc1ccc(-n2c(Cc3ccccc3)nnc2SCC)cc1. The van der Waals surface area contributed by atoms with Gasteiger partial charge in [-0.15, -0.1) is 10.2 Å². The molecule has 0 bridgehead atoms. The third-order valence-electron chi connectivity index (χ3n) is 3.58. The summed E-state index contributed by atoms with van der Waals surface area (Å²) in [6.07, 6.45) is 0.755. The first kappa shape index (κ1) is 16.6. The van der Waals surface area contributed by atoms with Crippen LogP contribution in [0.3, 0.4) is 0 Å². The van der Waals surface area contributed by atoms with E-state index >= 15 is 0 Å². The fourth-order valence-electron chi connectivity index (χ4n) is 2.53. The first-order valence-corrected chi connectivity index (χ1v) is 9.14. The first-order valence-electron chi connectivity index (χ1n) is 8.16. The molecule has 0 aliphatic carbocycles. The van der Waals surface area contributed by atoms with Crippen molar-refractivity contribution >= 4 is 11.8 Å². The van der Waals surface area contributed by atoms with Gasteiger partial charge in [-0.2, -0.15) is 0 Å². The third kappa shape index (κ3) is 3.79. The number of thioether (sulfide) groups is 1. The molecule has 0 spiro atoms. The van der Waals surface area contributed by atoms with Crippen molar-refractivity contribution in [3.05, 3.63) is 66.0 Å². The van der Waals surface area contributed by atoms with Gasteiger partial charge in [0.2, 0.25) is 0 Å². The minimum Gasteiger partial charge on any atom is -0.494 e. The Hall–Kier alpha value is -2.27. The van der Waals surface area contributed by atoms with E-state index in [1.165, 1.54) is 5.56 Å². The molecule has 1 heterocycles. The highest BCUT2D eigenvalue weighted by Gasteiger charge is 2.14. The van der Waals surface area contributed by atoms with E-state index in [-0.39, 0.29) is 0 Å². The monoisotopic (exact) mass is 339 g/mol. The predicted molar refractivity (Wildman–Crippen MR) is 98.2 cm³/mol.